The van der Waals surface area contributed by atoms with E-state index in [1.54, 1.807) is 6.26 Å². The first-order valence-corrected chi connectivity index (χ1v) is 7.27. The molecule has 1 N–H and O–H groups in total. The molecule has 4 heteroatoms. The number of halogens is 1. The summed E-state index contributed by atoms with van der Waals surface area (Å²) in [7, 11) is 0. The Morgan fingerprint density at radius 3 is 2.86 bits per heavy atom. The predicted molar refractivity (Wildman–Crippen MR) is 86.2 cm³/mol. The Bertz CT molecular complexity index is 751. The Morgan fingerprint density at radius 2 is 2.05 bits per heavy atom. The third-order valence-corrected chi connectivity index (χ3v) is 3.57. The summed E-state index contributed by atoms with van der Waals surface area (Å²) in [6, 6.07) is 13.7. The Hall–Kier alpha value is -2.13. The van der Waals surface area contributed by atoms with Gasteiger partial charge in [0.15, 0.2) is 0 Å². The van der Waals surface area contributed by atoms with Gasteiger partial charge >= 0.3 is 0 Å². The van der Waals surface area contributed by atoms with Crippen LogP contribution in [0.4, 0.5) is 5.69 Å². The van der Waals surface area contributed by atoms with Gasteiger partial charge in [0.1, 0.15) is 11.3 Å². The van der Waals surface area contributed by atoms with Crippen LogP contribution in [0.5, 0.6) is 5.75 Å². The molecule has 0 saturated carbocycles. The number of nitrogens with one attached hydrogen (secondary N) is 1. The van der Waals surface area contributed by atoms with E-state index >= 15 is 0 Å². The summed E-state index contributed by atoms with van der Waals surface area (Å²) in [6.45, 7) is 3.22. The number of benzene rings is 2. The number of para-hydroxylation sites is 1. The molecule has 108 valence electrons. The fourth-order valence-corrected chi connectivity index (χ4v) is 2.49. The van der Waals surface area contributed by atoms with Gasteiger partial charge in [-0.15, -0.1) is 0 Å². The molecule has 0 radical (unpaired) electrons. The van der Waals surface area contributed by atoms with Crippen LogP contribution in [0.15, 0.2) is 53.1 Å². The maximum atomic E-state index is 6.18. The van der Waals surface area contributed by atoms with Gasteiger partial charge in [0.2, 0.25) is 0 Å². The van der Waals surface area contributed by atoms with Crippen molar-refractivity contribution in [2.45, 2.75) is 13.5 Å². The molecule has 0 saturated heterocycles. The lowest BCUT2D eigenvalue weighted by atomic mass is 10.2. The van der Waals surface area contributed by atoms with E-state index in [0.29, 0.717) is 23.9 Å². The van der Waals surface area contributed by atoms with Crippen LogP contribution in [0.3, 0.4) is 0 Å². The summed E-state index contributed by atoms with van der Waals surface area (Å²) in [4.78, 5) is 0. The van der Waals surface area contributed by atoms with Crippen LogP contribution in [0.2, 0.25) is 5.02 Å². The molecule has 2 aromatic carbocycles. The van der Waals surface area contributed by atoms with Crippen molar-refractivity contribution in [1.82, 2.24) is 0 Å². The van der Waals surface area contributed by atoms with E-state index in [1.807, 2.05) is 43.3 Å². The standard InChI is InChI=1S/C17H16ClNO2/c1-2-20-17-8-7-13(9-15(17)18)19-10-12-11-21-16-6-4-3-5-14(12)16/h3-9,11,19H,2,10H2,1H3. The molecule has 0 atom stereocenters. The highest BCUT2D eigenvalue weighted by Crippen LogP contribution is 2.28. The summed E-state index contributed by atoms with van der Waals surface area (Å²) in [5.41, 5.74) is 2.98. The monoisotopic (exact) mass is 301 g/mol. The second-order valence-electron chi connectivity index (χ2n) is 4.69. The molecule has 0 aliphatic rings. The van der Waals surface area contributed by atoms with Gasteiger partial charge in [0.25, 0.3) is 0 Å². The highest BCUT2D eigenvalue weighted by Gasteiger charge is 2.06. The smallest absolute Gasteiger partial charge is 0.138 e. The first-order chi connectivity index (χ1) is 10.3. The van der Waals surface area contributed by atoms with Gasteiger partial charge in [0.05, 0.1) is 17.9 Å². The summed E-state index contributed by atoms with van der Waals surface area (Å²) in [6.07, 6.45) is 1.79. The van der Waals surface area contributed by atoms with Gasteiger partial charge < -0.3 is 14.5 Å². The number of anilines is 1. The molecule has 1 heterocycles. The molecule has 0 fully saturated rings. The quantitative estimate of drug-likeness (QED) is 0.712. The van der Waals surface area contributed by atoms with Gasteiger partial charge in [-0.05, 0) is 31.2 Å². The van der Waals surface area contributed by atoms with Crippen molar-refractivity contribution in [3.63, 3.8) is 0 Å². The molecule has 0 spiro atoms. The number of hydrogen-bond donors (Lipinski definition) is 1. The van der Waals surface area contributed by atoms with Crippen LogP contribution in [0, 0.1) is 0 Å². The summed E-state index contributed by atoms with van der Waals surface area (Å²) < 4.78 is 11.0. The highest BCUT2D eigenvalue weighted by atomic mass is 35.5. The third-order valence-electron chi connectivity index (χ3n) is 3.28. The van der Waals surface area contributed by atoms with Crippen molar-refractivity contribution < 1.29 is 9.15 Å². The maximum absolute atomic E-state index is 6.18. The average Bonchev–Trinajstić information content (AvgIpc) is 2.91. The second kappa shape index (κ2) is 6.10. The Labute approximate surface area is 128 Å². The first-order valence-electron chi connectivity index (χ1n) is 6.89. The van der Waals surface area contributed by atoms with Crippen molar-refractivity contribution in [2.24, 2.45) is 0 Å². The fraction of sp³-hybridized carbons (Fsp3) is 0.176. The Morgan fingerprint density at radius 1 is 1.19 bits per heavy atom. The molecule has 3 nitrogen and oxygen atoms in total. The van der Waals surface area contributed by atoms with E-state index in [2.05, 4.69) is 11.4 Å². The molecule has 3 rings (SSSR count). The molecule has 1 aromatic heterocycles. The highest BCUT2D eigenvalue weighted by molar-refractivity contribution is 6.32. The lowest BCUT2D eigenvalue weighted by molar-refractivity contribution is 0.340. The molecule has 3 aromatic rings. The largest absolute Gasteiger partial charge is 0.492 e. The normalized spacial score (nSPS) is 10.8. The first kappa shape index (κ1) is 13.8. The van der Waals surface area contributed by atoms with Crippen LogP contribution >= 0.6 is 11.6 Å². The van der Waals surface area contributed by atoms with Gasteiger partial charge in [-0.2, -0.15) is 0 Å². The van der Waals surface area contributed by atoms with Crippen LogP contribution in [0.1, 0.15) is 12.5 Å². The summed E-state index contributed by atoms with van der Waals surface area (Å²) >= 11 is 6.18. The van der Waals surface area contributed by atoms with Crippen LogP contribution < -0.4 is 10.1 Å². The van der Waals surface area contributed by atoms with Gasteiger partial charge in [-0.3, -0.25) is 0 Å². The number of ether oxygens (including phenoxy) is 1. The van der Waals surface area contributed by atoms with Crippen molar-refractivity contribution in [2.75, 3.05) is 11.9 Å². The molecule has 0 amide bonds. The van der Waals surface area contributed by atoms with E-state index in [9.17, 15) is 0 Å². The van der Waals surface area contributed by atoms with E-state index in [-0.39, 0.29) is 0 Å². The van der Waals surface area contributed by atoms with E-state index < -0.39 is 0 Å². The molecular formula is C17H16ClNO2. The molecule has 0 unspecified atom stereocenters. The van der Waals surface area contributed by atoms with Gasteiger partial charge in [-0.1, -0.05) is 29.8 Å². The topological polar surface area (TPSA) is 34.4 Å². The van der Waals surface area contributed by atoms with Gasteiger partial charge in [-0.25, -0.2) is 0 Å². The zero-order chi connectivity index (χ0) is 14.7. The summed E-state index contributed by atoms with van der Waals surface area (Å²) in [5.74, 6) is 0.707. The zero-order valence-electron chi connectivity index (χ0n) is 11.7. The Kier molecular flexibility index (Phi) is 4.02. The number of fused-ring (bicyclic) bond motifs is 1. The fourth-order valence-electron chi connectivity index (χ4n) is 2.25. The lowest BCUT2D eigenvalue weighted by Crippen LogP contribution is -1.99. The van der Waals surface area contributed by atoms with E-state index in [0.717, 1.165) is 22.2 Å². The van der Waals surface area contributed by atoms with Crippen molar-refractivity contribution in [3.8, 4) is 5.75 Å². The molecular weight excluding hydrogens is 286 g/mol. The second-order valence-corrected chi connectivity index (χ2v) is 5.10. The third kappa shape index (κ3) is 2.98. The minimum atomic E-state index is 0.605. The minimum absolute atomic E-state index is 0.605. The SMILES string of the molecule is CCOc1ccc(NCc2coc3ccccc23)cc1Cl. The van der Waals surface area contributed by atoms with Gasteiger partial charge in [0, 0.05) is 23.2 Å². The average molecular weight is 302 g/mol. The number of furan rings is 1. The van der Waals surface area contributed by atoms with E-state index in [1.165, 1.54) is 0 Å². The van der Waals surface area contributed by atoms with E-state index in [4.69, 9.17) is 20.8 Å². The van der Waals surface area contributed by atoms with Crippen molar-refractivity contribution >= 4 is 28.3 Å². The predicted octanol–water partition coefficient (Wildman–Crippen LogP) is 5.10. The van der Waals surface area contributed by atoms with Crippen molar-refractivity contribution in [3.05, 3.63) is 59.3 Å². The molecule has 0 aliphatic heterocycles. The minimum Gasteiger partial charge on any atom is -0.492 e. The number of rotatable bonds is 5. The molecule has 21 heavy (non-hydrogen) atoms. The Balaban J connectivity index is 1.74. The van der Waals surface area contributed by atoms with Crippen LogP contribution in [0.25, 0.3) is 11.0 Å². The number of hydrogen-bond acceptors (Lipinski definition) is 3. The summed E-state index contributed by atoms with van der Waals surface area (Å²) in [5, 5.41) is 5.09. The lowest BCUT2D eigenvalue weighted by Gasteiger charge is -2.09. The van der Waals surface area contributed by atoms with Crippen LogP contribution in [-0.2, 0) is 6.54 Å². The zero-order valence-corrected chi connectivity index (χ0v) is 12.5. The molecule has 0 bridgehead atoms. The maximum Gasteiger partial charge on any atom is 0.138 e. The van der Waals surface area contributed by atoms with Crippen molar-refractivity contribution in [1.29, 1.82) is 0 Å². The molecule has 0 aliphatic carbocycles. The van der Waals surface area contributed by atoms with Crippen LogP contribution in [-0.4, -0.2) is 6.61 Å².